The second-order valence-electron chi connectivity index (χ2n) is 6.54. The fourth-order valence-electron chi connectivity index (χ4n) is 3.80. The zero-order valence-electron chi connectivity index (χ0n) is 13.0. The largest absolute Gasteiger partial charge is 0.289 e. The van der Waals surface area contributed by atoms with Crippen LogP contribution in [0.2, 0.25) is 0 Å². The maximum atomic E-state index is 11.3. The Balaban J connectivity index is 1.65. The van der Waals surface area contributed by atoms with Gasteiger partial charge in [-0.3, -0.25) is 15.0 Å². The Kier molecular flexibility index (Phi) is 3.62. The first-order chi connectivity index (χ1) is 11.2. The van der Waals surface area contributed by atoms with Gasteiger partial charge in [-0.2, -0.15) is 0 Å². The summed E-state index contributed by atoms with van der Waals surface area (Å²) in [6.07, 6.45) is 4.65. The van der Waals surface area contributed by atoms with Gasteiger partial charge in [0.05, 0.1) is 4.92 Å². The highest BCUT2D eigenvalue weighted by Crippen LogP contribution is 2.43. The van der Waals surface area contributed by atoms with Crippen molar-refractivity contribution in [3.8, 4) is 0 Å². The molecule has 2 aliphatic carbocycles. The van der Waals surface area contributed by atoms with Crippen LogP contribution >= 0.6 is 0 Å². The van der Waals surface area contributed by atoms with Crippen molar-refractivity contribution in [3.05, 3.63) is 75.3 Å². The second-order valence-corrected chi connectivity index (χ2v) is 6.54. The summed E-state index contributed by atoms with van der Waals surface area (Å²) >= 11 is 0. The summed E-state index contributed by atoms with van der Waals surface area (Å²) < 4.78 is 0. The molecule has 0 radical (unpaired) electrons. The van der Waals surface area contributed by atoms with Gasteiger partial charge in [0.2, 0.25) is 0 Å². The van der Waals surface area contributed by atoms with Crippen LogP contribution in [0.25, 0.3) is 0 Å². The molecular weight excluding hydrogens is 288 g/mol. The highest BCUT2D eigenvalue weighted by atomic mass is 16.6. The Morgan fingerprint density at radius 2 is 1.78 bits per heavy atom. The predicted molar refractivity (Wildman–Crippen MR) is 89.2 cm³/mol. The molecule has 2 aromatic rings. The zero-order valence-corrected chi connectivity index (χ0v) is 13.0. The van der Waals surface area contributed by atoms with Crippen molar-refractivity contribution >= 4 is 5.69 Å². The summed E-state index contributed by atoms with van der Waals surface area (Å²) in [4.78, 5) is 13.5. The Hall–Kier alpha value is -2.20. The van der Waals surface area contributed by atoms with E-state index < -0.39 is 0 Å². The molecule has 1 atom stereocenters. The second kappa shape index (κ2) is 5.78. The molecule has 0 saturated heterocycles. The van der Waals surface area contributed by atoms with Crippen LogP contribution in [-0.4, -0.2) is 15.9 Å². The minimum absolute atomic E-state index is 0.240. The van der Waals surface area contributed by atoms with Gasteiger partial charge in [0.25, 0.3) is 5.69 Å². The van der Waals surface area contributed by atoms with Crippen molar-refractivity contribution in [3.63, 3.8) is 0 Å². The monoisotopic (exact) mass is 308 g/mol. The van der Waals surface area contributed by atoms with Crippen molar-refractivity contribution in [2.45, 2.75) is 44.3 Å². The Bertz CT molecular complexity index is 740. The molecule has 4 rings (SSSR count). The van der Waals surface area contributed by atoms with Gasteiger partial charge in [0.1, 0.15) is 0 Å². The molecule has 4 heteroatoms. The zero-order chi connectivity index (χ0) is 15.8. The van der Waals surface area contributed by atoms with Gasteiger partial charge >= 0.3 is 0 Å². The lowest BCUT2D eigenvalue weighted by atomic mass is 10.1. The summed E-state index contributed by atoms with van der Waals surface area (Å²) in [7, 11) is 0. The number of hydrogen-bond donors (Lipinski definition) is 0. The molecule has 0 aromatic heterocycles. The quantitative estimate of drug-likeness (QED) is 0.613. The van der Waals surface area contributed by atoms with E-state index in [1.807, 2.05) is 12.1 Å². The molecule has 0 unspecified atom stereocenters. The third kappa shape index (κ3) is 2.75. The summed E-state index contributed by atoms with van der Waals surface area (Å²) in [5.74, 6) is 0. The van der Waals surface area contributed by atoms with Gasteiger partial charge in [-0.05, 0) is 36.8 Å². The Labute approximate surface area is 135 Å². The lowest BCUT2D eigenvalue weighted by Gasteiger charge is -2.29. The van der Waals surface area contributed by atoms with Crippen LogP contribution in [0, 0.1) is 10.1 Å². The minimum atomic E-state index is -0.261. The van der Waals surface area contributed by atoms with Gasteiger partial charge in [0.15, 0.2) is 0 Å². The fourth-order valence-corrected chi connectivity index (χ4v) is 3.80. The van der Waals surface area contributed by atoms with E-state index in [2.05, 4.69) is 29.2 Å². The van der Waals surface area contributed by atoms with E-state index in [1.54, 1.807) is 12.1 Å². The van der Waals surface area contributed by atoms with Gasteiger partial charge in [-0.25, -0.2) is 0 Å². The summed E-state index contributed by atoms with van der Waals surface area (Å²) in [6.45, 7) is 0.667. The van der Waals surface area contributed by atoms with Crippen molar-refractivity contribution in [1.29, 1.82) is 0 Å². The van der Waals surface area contributed by atoms with Gasteiger partial charge < -0.3 is 0 Å². The molecule has 0 amide bonds. The van der Waals surface area contributed by atoms with Crippen molar-refractivity contribution in [2.24, 2.45) is 0 Å². The number of benzene rings is 2. The van der Waals surface area contributed by atoms with Gasteiger partial charge in [0, 0.05) is 30.3 Å². The smallest absolute Gasteiger partial charge is 0.273 e. The van der Waals surface area contributed by atoms with Gasteiger partial charge in [-0.1, -0.05) is 42.5 Å². The van der Waals surface area contributed by atoms with Crippen molar-refractivity contribution in [1.82, 2.24) is 4.90 Å². The topological polar surface area (TPSA) is 46.4 Å². The molecule has 1 saturated carbocycles. The summed E-state index contributed by atoms with van der Waals surface area (Å²) in [6, 6.07) is 16.8. The normalized spacial score (nSPS) is 19.8. The third-order valence-corrected chi connectivity index (χ3v) is 5.06. The maximum absolute atomic E-state index is 11.3. The number of nitrogens with zero attached hydrogens (tertiary/aromatic N) is 2. The first kappa shape index (κ1) is 14.4. The van der Waals surface area contributed by atoms with Crippen molar-refractivity contribution < 1.29 is 4.92 Å². The summed E-state index contributed by atoms with van der Waals surface area (Å²) in [5, 5.41) is 11.3. The lowest BCUT2D eigenvalue weighted by Crippen LogP contribution is -2.29. The molecule has 4 nitrogen and oxygen atoms in total. The van der Waals surface area contributed by atoms with Crippen LogP contribution < -0.4 is 0 Å². The standard InChI is InChI=1S/C19H20N2O2/c22-21(23)18-8-4-2-6-15(18)13-20(16-10-11-16)19-12-9-14-5-1-3-7-17(14)19/h1-8,16,19H,9-13H2/t19-/m0/s1. The molecule has 0 heterocycles. The number of para-hydroxylation sites is 1. The van der Waals surface area contributed by atoms with Crippen molar-refractivity contribution in [2.75, 3.05) is 0 Å². The number of nitro benzene ring substituents is 1. The van der Waals surface area contributed by atoms with E-state index in [9.17, 15) is 10.1 Å². The maximum Gasteiger partial charge on any atom is 0.273 e. The first-order valence-corrected chi connectivity index (χ1v) is 8.30. The summed E-state index contributed by atoms with van der Waals surface area (Å²) in [5.41, 5.74) is 3.92. The molecule has 23 heavy (non-hydrogen) atoms. The highest BCUT2D eigenvalue weighted by molar-refractivity contribution is 5.40. The third-order valence-electron chi connectivity index (χ3n) is 5.06. The fraction of sp³-hybridized carbons (Fsp3) is 0.368. The number of aryl methyl sites for hydroxylation is 1. The first-order valence-electron chi connectivity index (χ1n) is 8.30. The van der Waals surface area contributed by atoms with E-state index in [1.165, 1.54) is 24.0 Å². The van der Waals surface area contributed by atoms with E-state index in [-0.39, 0.29) is 10.6 Å². The van der Waals surface area contributed by atoms with Gasteiger partial charge in [-0.15, -0.1) is 0 Å². The molecule has 2 aromatic carbocycles. The highest BCUT2D eigenvalue weighted by Gasteiger charge is 2.38. The van der Waals surface area contributed by atoms with E-state index in [4.69, 9.17) is 0 Å². The van der Waals surface area contributed by atoms with Crippen LogP contribution in [0.5, 0.6) is 0 Å². The average Bonchev–Trinajstić information content (AvgIpc) is 3.32. The molecule has 1 fully saturated rings. The number of fused-ring (bicyclic) bond motifs is 1. The molecule has 0 bridgehead atoms. The van der Waals surface area contributed by atoms with Crippen LogP contribution in [-0.2, 0) is 13.0 Å². The minimum Gasteiger partial charge on any atom is -0.289 e. The SMILES string of the molecule is O=[N+]([O-])c1ccccc1CN(C1CC1)[C@H]1CCc2ccccc21. The molecule has 0 aliphatic heterocycles. The molecule has 2 aliphatic rings. The van der Waals surface area contributed by atoms with E-state index in [0.29, 0.717) is 18.6 Å². The molecule has 0 N–H and O–H groups in total. The Morgan fingerprint density at radius 3 is 2.57 bits per heavy atom. The Morgan fingerprint density at radius 1 is 1.04 bits per heavy atom. The number of nitro groups is 1. The van der Waals surface area contributed by atoms with Crippen LogP contribution in [0.3, 0.4) is 0 Å². The van der Waals surface area contributed by atoms with E-state index >= 15 is 0 Å². The molecule has 118 valence electrons. The number of hydrogen-bond acceptors (Lipinski definition) is 3. The van der Waals surface area contributed by atoms with Crippen LogP contribution in [0.4, 0.5) is 5.69 Å². The predicted octanol–water partition coefficient (Wildman–Crippen LogP) is 4.25. The molecule has 0 spiro atoms. The lowest BCUT2D eigenvalue weighted by molar-refractivity contribution is -0.385. The van der Waals surface area contributed by atoms with Crippen LogP contribution in [0.1, 0.15) is 42.0 Å². The number of rotatable bonds is 5. The molecular formula is C19H20N2O2. The van der Waals surface area contributed by atoms with E-state index in [0.717, 1.165) is 18.4 Å². The van der Waals surface area contributed by atoms with Crippen LogP contribution in [0.15, 0.2) is 48.5 Å². The average molecular weight is 308 g/mol.